The summed E-state index contributed by atoms with van der Waals surface area (Å²) in [4.78, 5) is 0. The first-order valence-electron chi connectivity index (χ1n) is 8.83. The molecule has 0 saturated heterocycles. The van der Waals surface area contributed by atoms with Crippen LogP contribution in [-0.2, 0) is 19.6 Å². The molecule has 0 aliphatic heterocycles. The van der Waals surface area contributed by atoms with Crippen molar-refractivity contribution in [3.05, 3.63) is 75.8 Å². The number of nitrogens with zero attached hydrogens (tertiary/aromatic N) is 2. The van der Waals surface area contributed by atoms with E-state index in [0.717, 1.165) is 30.0 Å². The molecule has 0 bridgehead atoms. The van der Waals surface area contributed by atoms with Crippen molar-refractivity contribution in [1.82, 2.24) is 14.9 Å². The molecule has 1 aromatic heterocycles. The molecule has 1 heterocycles. The van der Waals surface area contributed by atoms with Crippen LogP contribution < -0.4 is 10.2 Å². The second-order valence-corrected chi connectivity index (χ2v) is 6.68. The van der Waals surface area contributed by atoms with Gasteiger partial charge in [0.1, 0.15) is 12.4 Å². The van der Waals surface area contributed by atoms with Gasteiger partial charge in [0.05, 0.1) is 6.54 Å². The summed E-state index contributed by atoms with van der Waals surface area (Å²) in [5, 5.41) is 7.11. The first kappa shape index (κ1) is 18.2. The van der Waals surface area contributed by atoms with Crippen LogP contribution in [0, 0.1) is 11.7 Å². The molecule has 2 aromatic carbocycles. The lowest BCUT2D eigenvalue weighted by Gasteiger charge is -2.11. The predicted molar refractivity (Wildman–Crippen MR) is 106 cm³/mol. The maximum atomic E-state index is 5.94. The van der Waals surface area contributed by atoms with Crippen LogP contribution in [0.4, 0.5) is 0 Å². The van der Waals surface area contributed by atoms with Crippen molar-refractivity contribution in [1.29, 1.82) is 0 Å². The molecule has 0 saturated carbocycles. The fourth-order valence-corrected chi connectivity index (χ4v) is 2.98. The van der Waals surface area contributed by atoms with E-state index in [-0.39, 0.29) is 0 Å². The monoisotopic (exact) mass is 368 g/mol. The highest BCUT2D eigenvalue weighted by Crippen LogP contribution is 2.16. The molecule has 0 fully saturated rings. The molecule has 6 heteroatoms. The van der Waals surface area contributed by atoms with Crippen LogP contribution in [0.5, 0.6) is 5.75 Å². The van der Waals surface area contributed by atoms with Crippen LogP contribution >= 0.6 is 12.2 Å². The molecule has 0 unspecified atom stereocenters. The van der Waals surface area contributed by atoms with Crippen molar-refractivity contribution in [2.45, 2.75) is 39.8 Å². The minimum atomic E-state index is 0.562. The number of aromatic nitrogens is 3. The molecule has 2 N–H and O–H groups in total. The fourth-order valence-electron chi connectivity index (χ4n) is 2.77. The number of rotatable bonds is 8. The average Bonchev–Trinajstić information content (AvgIpc) is 2.99. The molecule has 3 aromatic rings. The van der Waals surface area contributed by atoms with Crippen LogP contribution in [0.15, 0.2) is 48.5 Å². The number of H-pyrrole nitrogens is 1. The van der Waals surface area contributed by atoms with Crippen LogP contribution in [0.25, 0.3) is 0 Å². The maximum Gasteiger partial charge on any atom is 0.214 e. The molecule has 136 valence electrons. The zero-order valence-electron chi connectivity index (χ0n) is 15.2. The summed E-state index contributed by atoms with van der Waals surface area (Å²) in [5.74, 6) is 1.78. The Labute approximate surface area is 159 Å². The highest BCUT2D eigenvalue weighted by molar-refractivity contribution is 7.71. The SMILES string of the molecule is CCCc1n[nH]c(=S)n1NCc1cccc(OCc2cccc(C)c2)c1. The Morgan fingerprint density at radius 3 is 2.77 bits per heavy atom. The molecule has 0 aliphatic carbocycles. The van der Waals surface area contributed by atoms with E-state index in [9.17, 15) is 0 Å². The normalized spacial score (nSPS) is 10.7. The second-order valence-electron chi connectivity index (χ2n) is 6.29. The number of aryl methyl sites for hydroxylation is 2. The largest absolute Gasteiger partial charge is 0.489 e. The summed E-state index contributed by atoms with van der Waals surface area (Å²) in [6.45, 7) is 5.42. The van der Waals surface area contributed by atoms with E-state index in [1.807, 2.05) is 22.9 Å². The highest BCUT2D eigenvalue weighted by atomic mass is 32.1. The summed E-state index contributed by atoms with van der Waals surface area (Å²) in [7, 11) is 0. The van der Waals surface area contributed by atoms with Gasteiger partial charge >= 0.3 is 0 Å². The van der Waals surface area contributed by atoms with Gasteiger partial charge in [-0.2, -0.15) is 5.10 Å². The number of hydrogen-bond acceptors (Lipinski definition) is 4. The van der Waals surface area contributed by atoms with Gasteiger partial charge in [-0.15, -0.1) is 0 Å². The Morgan fingerprint density at radius 1 is 1.15 bits per heavy atom. The first-order valence-corrected chi connectivity index (χ1v) is 9.24. The summed E-state index contributed by atoms with van der Waals surface area (Å²) in [5.41, 5.74) is 6.87. The van der Waals surface area contributed by atoms with Gasteiger partial charge in [0, 0.05) is 6.42 Å². The van der Waals surface area contributed by atoms with E-state index in [1.54, 1.807) is 0 Å². The number of ether oxygens (including phenoxy) is 1. The third-order valence-electron chi connectivity index (χ3n) is 4.04. The third kappa shape index (κ3) is 4.73. The minimum absolute atomic E-state index is 0.562. The topological polar surface area (TPSA) is 54.9 Å². The van der Waals surface area contributed by atoms with Gasteiger partial charge in [0.25, 0.3) is 0 Å². The molecule has 0 amide bonds. The van der Waals surface area contributed by atoms with Gasteiger partial charge in [-0.3, -0.25) is 5.10 Å². The fraction of sp³-hybridized carbons (Fsp3) is 0.300. The third-order valence-corrected chi connectivity index (χ3v) is 4.32. The zero-order chi connectivity index (χ0) is 18.4. The Hall–Kier alpha value is -2.60. The van der Waals surface area contributed by atoms with Crippen LogP contribution in [0.2, 0.25) is 0 Å². The average molecular weight is 369 g/mol. The molecule has 0 atom stereocenters. The first-order chi connectivity index (χ1) is 12.7. The lowest BCUT2D eigenvalue weighted by Crippen LogP contribution is -2.17. The summed E-state index contributed by atoms with van der Waals surface area (Å²) >= 11 is 5.29. The van der Waals surface area contributed by atoms with Gasteiger partial charge in [-0.25, -0.2) is 4.68 Å². The number of nitrogens with one attached hydrogen (secondary N) is 2. The van der Waals surface area contributed by atoms with E-state index in [2.05, 4.69) is 59.8 Å². The molecule has 3 rings (SSSR count). The van der Waals surface area contributed by atoms with Crippen molar-refractivity contribution in [3.8, 4) is 5.75 Å². The summed E-state index contributed by atoms with van der Waals surface area (Å²) in [6, 6.07) is 16.5. The van der Waals surface area contributed by atoms with Crippen molar-refractivity contribution in [2.24, 2.45) is 0 Å². The van der Waals surface area contributed by atoms with Crippen molar-refractivity contribution < 1.29 is 4.74 Å². The van der Waals surface area contributed by atoms with Crippen LogP contribution in [0.1, 0.15) is 35.9 Å². The van der Waals surface area contributed by atoms with Gasteiger partial charge < -0.3 is 10.2 Å². The Kier molecular flexibility index (Phi) is 6.07. The highest BCUT2D eigenvalue weighted by Gasteiger charge is 2.05. The van der Waals surface area contributed by atoms with E-state index < -0.39 is 0 Å². The van der Waals surface area contributed by atoms with Crippen molar-refractivity contribution >= 4 is 12.2 Å². The standard InChI is InChI=1S/C20H24N4OS/c1-3-6-19-22-23-20(26)24(19)21-13-16-8-5-10-18(12-16)25-14-17-9-4-7-15(2)11-17/h4-5,7-12,21H,3,6,13-14H2,1-2H3,(H,23,26). The zero-order valence-corrected chi connectivity index (χ0v) is 16.0. The van der Waals surface area contributed by atoms with Crippen molar-refractivity contribution in [2.75, 3.05) is 5.43 Å². The summed E-state index contributed by atoms with van der Waals surface area (Å²) < 4.78 is 8.37. The quantitative estimate of drug-likeness (QED) is 0.574. The number of benzene rings is 2. The van der Waals surface area contributed by atoms with E-state index in [0.29, 0.717) is 17.9 Å². The lowest BCUT2D eigenvalue weighted by molar-refractivity contribution is 0.306. The van der Waals surface area contributed by atoms with E-state index in [1.165, 1.54) is 11.1 Å². The summed E-state index contributed by atoms with van der Waals surface area (Å²) in [6.07, 6.45) is 1.89. The van der Waals surface area contributed by atoms with Crippen LogP contribution in [-0.4, -0.2) is 14.9 Å². The Bertz CT molecular complexity index is 916. The van der Waals surface area contributed by atoms with Crippen LogP contribution in [0.3, 0.4) is 0 Å². The number of aromatic amines is 1. The molecule has 26 heavy (non-hydrogen) atoms. The Balaban J connectivity index is 1.62. The lowest BCUT2D eigenvalue weighted by atomic mass is 10.1. The number of hydrogen-bond donors (Lipinski definition) is 2. The molecular formula is C20H24N4OS. The minimum Gasteiger partial charge on any atom is -0.489 e. The van der Waals surface area contributed by atoms with E-state index >= 15 is 0 Å². The molecule has 5 nitrogen and oxygen atoms in total. The molecule has 0 radical (unpaired) electrons. The van der Waals surface area contributed by atoms with Gasteiger partial charge in [0.2, 0.25) is 4.77 Å². The van der Waals surface area contributed by atoms with Crippen molar-refractivity contribution in [3.63, 3.8) is 0 Å². The molecular weight excluding hydrogens is 344 g/mol. The molecule has 0 aliphatic rings. The second kappa shape index (κ2) is 8.67. The van der Waals surface area contributed by atoms with Gasteiger partial charge in [-0.05, 0) is 48.8 Å². The predicted octanol–water partition coefficient (Wildman–Crippen LogP) is 4.52. The molecule has 0 spiro atoms. The Morgan fingerprint density at radius 2 is 1.96 bits per heavy atom. The van der Waals surface area contributed by atoms with Gasteiger partial charge in [-0.1, -0.05) is 48.9 Å². The van der Waals surface area contributed by atoms with E-state index in [4.69, 9.17) is 17.0 Å². The van der Waals surface area contributed by atoms with Gasteiger partial charge in [0.15, 0.2) is 5.82 Å². The smallest absolute Gasteiger partial charge is 0.214 e. The maximum absolute atomic E-state index is 5.94.